The van der Waals surface area contributed by atoms with Crippen molar-refractivity contribution in [2.75, 3.05) is 6.61 Å². The van der Waals surface area contributed by atoms with E-state index in [2.05, 4.69) is 12.3 Å². The molecule has 1 rings (SSSR count). The van der Waals surface area contributed by atoms with Gasteiger partial charge >= 0.3 is 0 Å². The van der Waals surface area contributed by atoms with Gasteiger partial charge in [0, 0.05) is 5.56 Å². The van der Waals surface area contributed by atoms with Gasteiger partial charge in [0.2, 0.25) is 0 Å². The Balaban J connectivity index is 1.97. The Labute approximate surface area is 140 Å². The minimum atomic E-state index is -0.286. The van der Waals surface area contributed by atoms with Crippen LogP contribution in [0.3, 0.4) is 0 Å². The standard InChI is InChI=1S/C19H32N2O2/c1-2-3-4-5-6-7-8-9-10-11-16-23-18-14-12-17(13-15-18)19(22)21-20/h12-15H,2-11,16,20H2,1H3,(H,21,22). The maximum absolute atomic E-state index is 11.3. The van der Waals surface area contributed by atoms with E-state index in [9.17, 15) is 4.79 Å². The highest BCUT2D eigenvalue weighted by atomic mass is 16.5. The number of carbonyl (C=O) groups is 1. The van der Waals surface area contributed by atoms with Crippen LogP contribution in [0.2, 0.25) is 0 Å². The minimum absolute atomic E-state index is 0.286. The predicted molar refractivity (Wildman–Crippen MR) is 95.4 cm³/mol. The lowest BCUT2D eigenvalue weighted by Gasteiger charge is -2.07. The van der Waals surface area contributed by atoms with Crippen molar-refractivity contribution in [1.82, 2.24) is 5.43 Å². The summed E-state index contributed by atoms with van der Waals surface area (Å²) in [4.78, 5) is 11.3. The molecule has 4 nitrogen and oxygen atoms in total. The van der Waals surface area contributed by atoms with Crippen molar-refractivity contribution in [2.45, 2.75) is 71.1 Å². The fourth-order valence-electron chi connectivity index (χ4n) is 2.57. The third-order valence-electron chi connectivity index (χ3n) is 4.01. The first-order chi connectivity index (χ1) is 11.3. The molecule has 0 aliphatic rings. The van der Waals surface area contributed by atoms with Gasteiger partial charge < -0.3 is 4.74 Å². The zero-order chi connectivity index (χ0) is 16.8. The molecule has 130 valence electrons. The van der Waals surface area contributed by atoms with Crippen LogP contribution in [0, 0.1) is 0 Å². The van der Waals surface area contributed by atoms with Crippen LogP contribution in [-0.4, -0.2) is 12.5 Å². The Kier molecular flexibility index (Phi) is 11.0. The normalized spacial score (nSPS) is 10.5. The van der Waals surface area contributed by atoms with Crippen molar-refractivity contribution in [3.05, 3.63) is 29.8 Å². The molecular formula is C19H32N2O2. The molecule has 0 aliphatic carbocycles. The molecule has 0 bridgehead atoms. The van der Waals surface area contributed by atoms with Gasteiger partial charge in [0.05, 0.1) is 6.61 Å². The van der Waals surface area contributed by atoms with Gasteiger partial charge in [-0.2, -0.15) is 0 Å². The summed E-state index contributed by atoms with van der Waals surface area (Å²) in [6, 6.07) is 7.05. The molecule has 0 saturated heterocycles. The first-order valence-corrected chi connectivity index (χ1v) is 9.01. The molecule has 0 spiro atoms. The Morgan fingerprint density at radius 3 is 1.96 bits per heavy atom. The van der Waals surface area contributed by atoms with Gasteiger partial charge in [-0.05, 0) is 30.7 Å². The molecule has 0 heterocycles. The van der Waals surface area contributed by atoms with Crippen LogP contribution >= 0.6 is 0 Å². The zero-order valence-electron chi connectivity index (χ0n) is 14.5. The van der Waals surface area contributed by atoms with Gasteiger partial charge in [0.1, 0.15) is 5.75 Å². The number of hydrogen-bond acceptors (Lipinski definition) is 3. The number of benzene rings is 1. The number of unbranched alkanes of at least 4 members (excludes halogenated alkanes) is 9. The van der Waals surface area contributed by atoms with Crippen LogP contribution < -0.4 is 16.0 Å². The second kappa shape index (κ2) is 12.9. The van der Waals surface area contributed by atoms with Gasteiger partial charge in [0.25, 0.3) is 5.91 Å². The molecular weight excluding hydrogens is 288 g/mol. The molecule has 3 N–H and O–H groups in total. The minimum Gasteiger partial charge on any atom is -0.494 e. The molecule has 0 atom stereocenters. The number of nitrogens with one attached hydrogen (secondary N) is 1. The zero-order valence-corrected chi connectivity index (χ0v) is 14.5. The molecule has 1 amide bonds. The molecule has 0 aromatic heterocycles. The number of hydrogen-bond donors (Lipinski definition) is 2. The van der Waals surface area contributed by atoms with E-state index in [1.807, 2.05) is 0 Å². The number of hydrazine groups is 1. The summed E-state index contributed by atoms with van der Waals surface area (Å²) in [5, 5.41) is 0. The summed E-state index contributed by atoms with van der Waals surface area (Å²) in [7, 11) is 0. The number of carbonyl (C=O) groups excluding carboxylic acids is 1. The first kappa shape index (κ1) is 19.5. The maximum Gasteiger partial charge on any atom is 0.265 e. The fraction of sp³-hybridized carbons (Fsp3) is 0.632. The van der Waals surface area contributed by atoms with Crippen molar-refractivity contribution in [2.24, 2.45) is 5.84 Å². The Hall–Kier alpha value is -1.55. The molecule has 1 aromatic rings. The summed E-state index contributed by atoms with van der Waals surface area (Å²) in [6.45, 7) is 2.99. The quantitative estimate of drug-likeness (QED) is 0.242. The van der Waals surface area contributed by atoms with Crippen LogP contribution in [0.4, 0.5) is 0 Å². The first-order valence-electron chi connectivity index (χ1n) is 9.01. The summed E-state index contributed by atoms with van der Waals surface area (Å²) in [6.07, 6.45) is 13.2. The van der Waals surface area contributed by atoms with Gasteiger partial charge in [0.15, 0.2) is 0 Å². The van der Waals surface area contributed by atoms with Crippen LogP contribution in [-0.2, 0) is 0 Å². The van der Waals surface area contributed by atoms with Crippen LogP contribution in [0.1, 0.15) is 81.5 Å². The van der Waals surface area contributed by atoms with E-state index in [0.717, 1.165) is 18.8 Å². The van der Waals surface area contributed by atoms with Gasteiger partial charge in [-0.1, -0.05) is 64.7 Å². The second-order valence-corrected chi connectivity index (χ2v) is 6.03. The van der Waals surface area contributed by atoms with E-state index in [1.54, 1.807) is 24.3 Å². The number of nitrogens with two attached hydrogens (primary N) is 1. The Morgan fingerprint density at radius 2 is 1.43 bits per heavy atom. The molecule has 0 radical (unpaired) electrons. The Morgan fingerprint density at radius 1 is 0.913 bits per heavy atom. The van der Waals surface area contributed by atoms with E-state index in [4.69, 9.17) is 10.6 Å². The lowest BCUT2D eigenvalue weighted by atomic mass is 10.1. The topological polar surface area (TPSA) is 64.3 Å². The van der Waals surface area contributed by atoms with Crippen molar-refractivity contribution in [3.63, 3.8) is 0 Å². The average Bonchev–Trinajstić information content (AvgIpc) is 2.59. The summed E-state index contributed by atoms with van der Waals surface area (Å²) < 4.78 is 5.68. The summed E-state index contributed by atoms with van der Waals surface area (Å²) in [5.41, 5.74) is 2.65. The van der Waals surface area contributed by atoms with Crippen LogP contribution in [0.5, 0.6) is 5.75 Å². The van der Waals surface area contributed by atoms with E-state index in [0.29, 0.717) is 5.56 Å². The number of nitrogen functional groups attached to an aromatic ring is 1. The molecule has 0 aliphatic heterocycles. The van der Waals surface area contributed by atoms with E-state index in [1.165, 1.54) is 57.8 Å². The third-order valence-corrected chi connectivity index (χ3v) is 4.01. The number of ether oxygens (including phenoxy) is 1. The fourth-order valence-corrected chi connectivity index (χ4v) is 2.57. The molecule has 1 aromatic carbocycles. The molecule has 23 heavy (non-hydrogen) atoms. The Bertz CT molecular complexity index is 418. The van der Waals surface area contributed by atoms with Gasteiger partial charge in [-0.25, -0.2) is 5.84 Å². The maximum atomic E-state index is 11.3. The lowest BCUT2D eigenvalue weighted by molar-refractivity contribution is 0.0953. The average molecular weight is 320 g/mol. The lowest BCUT2D eigenvalue weighted by Crippen LogP contribution is -2.29. The highest BCUT2D eigenvalue weighted by Crippen LogP contribution is 2.14. The van der Waals surface area contributed by atoms with Crippen LogP contribution in [0.25, 0.3) is 0 Å². The van der Waals surface area contributed by atoms with Crippen molar-refractivity contribution in [3.8, 4) is 5.75 Å². The number of rotatable bonds is 13. The van der Waals surface area contributed by atoms with Crippen molar-refractivity contribution in [1.29, 1.82) is 0 Å². The van der Waals surface area contributed by atoms with Crippen molar-refractivity contribution >= 4 is 5.91 Å². The highest BCUT2D eigenvalue weighted by Gasteiger charge is 2.02. The highest BCUT2D eigenvalue weighted by molar-refractivity contribution is 5.93. The molecule has 4 heteroatoms. The van der Waals surface area contributed by atoms with Crippen LogP contribution in [0.15, 0.2) is 24.3 Å². The summed E-state index contributed by atoms with van der Waals surface area (Å²) in [5.74, 6) is 5.60. The monoisotopic (exact) mass is 320 g/mol. The smallest absolute Gasteiger partial charge is 0.265 e. The van der Waals surface area contributed by atoms with E-state index >= 15 is 0 Å². The third kappa shape index (κ3) is 9.24. The van der Waals surface area contributed by atoms with Gasteiger partial charge in [-0.3, -0.25) is 10.2 Å². The number of amides is 1. The largest absolute Gasteiger partial charge is 0.494 e. The van der Waals surface area contributed by atoms with E-state index in [-0.39, 0.29) is 5.91 Å². The molecule has 0 fully saturated rings. The summed E-state index contributed by atoms with van der Waals surface area (Å²) >= 11 is 0. The molecule has 0 saturated carbocycles. The van der Waals surface area contributed by atoms with Gasteiger partial charge in [-0.15, -0.1) is 0 Å². The predicted octanol–water partition coefficient (Wildman–Crippen LogP) is 4.59. The SMILES string of the molecule is CCCCCCCCCCCCOc1ccc(C(=O)NN)cc1. The second-order valence-electron chi connectivity index (χ2n) is 6.03. The van der Waals surface area contributed by atoms with E-state index < -0.39 is 0 Å². The molecule has 0 unspecified atom stereocenters. The van der Waals surface area contributed by atoms with Crippen molar-refractivity contribution < 1.29 is 9.53 Å².